The van der Waals surface area contributed by atoms with Gasteiger partial charge >= 0.3 is 0 Å². The van der Waals surface area contributed by atoms with E-state index in [4.69, 9.17) is 4.74 Å². The summed E-state index contributed by atoms with van der Waals surface area (Å²) in [5, 5.41) is 13.0. The third-order valence-electron chi connectivity index (χ3n) is 3.60. The third-order valence-corrected chi connectivity index (χ3v) is 3.60. The van der Waals surface area contributed by atoms with E-state index in [-0.39, 0.29) is 24.4 Å². The molecule has 1 aliphatic heterocycles. The van der Waals surface area contributed by atoms with Crippen molar-refractivity contribution in [3.05, 3.63) is 35.6 Å². The van der Waals surface area contributed by atoms with E-state index in [9.17, 15) is 14.3 Å². The van der Waals surface area contributed by atoms with Crippen LogP contribution >= 0.6 is 0 Å². The van der Waals surface area contributed by atoms with Gasteiger partial charge in [-0.25, -0.2) is 4.39 Å². The molecule has 0 aromatic heterocycles. The molecule has 20 heavy (non-hydrogen) atoms. The number of hydrogen-bond donors (Lipinski definition) is 2. The van der Waals surface area contributed by atoms with Gasteiger partial charge in [0.25, 0.3) is 0 Å². The average Bonchev–Trinajstić information content (AvgIpc) is 2.83. The number of hydrogen-bond acceptors (Lipinski definition) is 3. The Morgan fingerprint density at radius 2 is 2.10 bits per heavy atom. The second-order valence-electron chi connectivity index (χ2n) is 5.51. The van der Waals surface area contributed by atoms with Crippen molar-refractivity contribution < 1.29 is 19.0 Å². The summed E-state index contributed by atoms with van der Waals surface area (Å²) in [5.74, 6) is -0.571. The highest BCUT2D eigenvalue weighted by Crippen LogP contribution is 2.22. The van der Waals surface area contributed by atoms with Gasteiger partial charge in [-0.15, -0.1) is 0 Å². The zero-order valence-electron chi connectivity index (χ0n) is 11.7. The van der Waals surface area contributed by atoms with Gasteiger partial charge in [-0.3, -0.25) is 4.79 Å². The number of rotatable bonds is 4. The standard InChI is InChI=1S/C15H20FNO3/c1-10-3-8-13(20-10)14(18)17-9-15(2,19)11-4-6-12(16)7-5-11/h4-7,10,13,19H,3,8-9H2,1-2H3,(H,17,18). The minimum absolute atomic E-state index is 0.0612. The highest BCUT2D eigenvalue weighted by Gasteiger charge is 2.30. The molecule has 1 heterocycles. The van der Waals surface area contributed by atoms with Gasteiger partial charge in [0.15, 0.2) is 0 Å². The molecule has 4 nitrogen and oxygen atoms in total. The SMILES string of the molecule is CC1CCC(C(=O)NCC(C)(O)c2ccc(F)cc2)O1. The fourth-order valence-electron chi connectivity index (χ4n) is 2.28. The predicted octanol–water partition coefficient (Wildman–Crippen LogP) is 1.72. The minimum Gasteiger partial charge on any atom is -0.384 e. The van der Waals surface area contributed by atoms with Crippen molar-refractivity contribution in [2.24, 2.45) is 0 Å². The van der Waals surface area contributed by atoms with Crippen molar-refractivity contribution in [2.75, 3.05) is 6.54 Å². The Balaban J connectivity index is 1.91. The first-order valence-electron chi connectivity index (χ1n) is 6.80. The Kier molecular flexibility index (Phi) is 4.40. The van der Waals surface area contributed by atoms with Gasteiger partial charge in [-0.1, -0.05) is 12.1 Å². The lowest BCUT2D eigenvalue weighted by molar-refractivity contribution is -0.132. The van der Waals surface area contributed by atoms with Crippen LogP contribution in [0.2, 0.25) is 0 Å². The maximum atomic E-state index is 12.9. The Hall–Kier alpha value is -1.46. The van der Waals surface area contributed by atoms with Crippen LogP contribution in [0.1, 0.15) is 32.3 Å². The molecular formula is C15H20FNO3. The van der Waals surface area contributed by atoms with Crippen molar-refractivity contribution >= 4 is 5.91 Å². The number of ether oxygens (including phenoxy) is 1. The number of nitrogens with one attached hydrogen (secondary N) is 1. The smallest absolute Gasteiger partial charge is 0.249 e. The van der Waals surface area contributed by atoms with Crippen molar-refractivity contribution in [3.63, 3.8) is 0 Å². The molecule has 0 radical (unpaired) electrons. The fourth-order valence-corrected chi connectivity index (χ4v) is 2.28. The molecule has 1 aliphatic rings. The van der Waals surface area contributed by atoms with E-state index in [1.54, 1.807) is 6.92 Å². The van der Waals surface area contributed by atoms with Crippen molar-refractivity contribution in [3.8, 4) is 0 Å². The highest BCUT2D eigenvalue weighted by molar-refractivity contribution is 5.81. The molecule has 0 saturated carbocycles. The summed E-state index contributed by atoms with van der Waals surface area (Å²) < 4.78 is 18.3. The minimum atomic E-state index is -1.24. The van der Waals surface area contributed by atoms with Gasteiger partial charge in [0.1, 0.15) is 17.5 Å². The van der Waals surface area contributed by atoms with E-state index >= 15 is 0 Å². The van der Waals surface area contributed by atoms with Crippen LogP contribution in [0.5, 0.6) is 0 Å². The summed E-state index contributed by atoms with van der Waals surface area (Å²) in [6.07, 6.45) is 1.23. The molecule has 5 heteroatoms. The van der Waals surface area contributed by atoms with E-state index in [0.717, 1.165) is 6.42 Å². The van der Waals surface area contributed by atoms with E-state index in [2.05, 4.69) is 5.32 Å². The second kappa shape index (κ2) is 5.89. The van der Waals surface area contributed by atoms with Gasteiger partial charge in [0.2, 0.25) is 5.91 Å². The van der Waals surface area contributed by atoms with Gasteiger partial charge in [-0.05, 0) is 44.4 Å². The first-order valence-corrected chi connectivity index (χ1v) is 6.80. The second-order valence-corrected chi connectivity index (χ2v) is 5.51. The van der Waals surface area contributed by atoms with Crippen LogP contribution in [0, 0.1) is 5.82 Å². The zero-order chi connectivity index (χ0) is 14.8. The van der Waals surface area contributed by atoms with Gasteiger partial charge in [0.05, 0.1) is 12.6 Å². The Morgan fingerprint density at radius 3 is 2.65 bits per heavy atom. The largest absolute Gasteiger partial charge is 0.384 e. The molecule has 110 valence electrons. The Labute approximate surface area is 117 Å². The molecule has 2 N–H and O–H groups in total. The molecule has 1 fully saturated rings. The molecule has 3 unspecified atom stereocenters. The molecule has 3 atom stereocenters. The van der Waals surface area contributed by atoms with Crippen molar-refractivity contribution in [2.45, 2.75) is 44.5 Å². The summed E-state index contributed by atoms with van der Waals surface area (Å²) in [4.78, 5) is 11.9. The van der Waals surface area contributed by atoms with Gasteiger partial charge in [0, 0.05) is 0 Å². The van der Waals surface area contributed by atoms with Gasteiger partial charge in [-0.2, -0.15) is 0 Å². The van der Waals surface area contributed by atoms with E-state index < -0.39 is 11.7 Å². The molecule has 0 aliphatic carbocycles. The van der Waals surface area contributed by atoms with E-state index in [1.165, 1.54) is 24.3 Å². The number of carbonyl (C=O) groups is 1. The van der Waals surface area contributed by atoms with E-state index in [0.29, 0.717) is 12.0 Å². The molecule has 1 saturated heterocycles. The number of carbonyl (C=O) groups excluding carboxylic acids is 1. The van der Waals surface area contributed by atoms with Crippen LogP contribution in [0.25, 0.3) is 0 Å². The topological polar surface area (TPSA) is 58.6 Å². The number of benzene rings is 1. The van der Waals surface area contributed by atoms with Crippen LogP contribution in [0.3, 0.4) is 0 Å². The molecule has 0 spiro atoms. The Morgan fingerprint density at radius 1 is 1.45 bits per heavy atom. The van der Waals surface area contributed by atoms with Crippen LogP contribution in [-0.2, 0) is 15.1 Å². The highest BCUT2D eigenvalue weighted by atomic mass is 19.1. The van der Waals surface area contributed by atoms with Crippen molar-refractivity contribution in [1.82, 2.24) is 5.32 Å². The van der Waals surface area contributed by atoms with Gasteiger partial charge < -0.3 is 15.2 Å². The third kappa shape index (κ3) is 3.55. The summed E-state index contributed by atoms with van der Waals surface area (Å²) in [5.41, 5.74) is -0.687. The maximum absolute atomic E-state index is 12.9. The lowest BCUT2D eigenvalue weighted by Crippen LogP contribution is -2.43. The monoisotopic (exact) mass is 281 g/mol. The lowest BCUT2D eigenvalue weighted by atomic mass is 9.96. The molecule has 1 aromatic rings. The summed E-state index contributed by atoms with van der Waals surface area (Å²) in [7, 11) is 0. The van der Waals surface area contributed by atoms with Crippen molar-refractivity contribution in [1.29, 1.82) is 0 Å². The van der Waals surface area contributed by atoms with Crippen LogP contribution in [-0.4, -0.2) is 29.8 Å². The first kappa shape index (κ1) is 14.9. The number of amides is 1. The summed E-state index contributed by atoms with van der Waals surface area (Å²) >= 11 is 0. The maximum Gasteiger partial charge on any atom is 0.249 e. The van der Waals surface area contributed by atoms with Crippen LogP contribution < -0.4 is 5.32 Å². The molecule has 0 bridgehead atoms. The molecule has 2 rings (SSSR count). The summed E-state index contributed by atoms with van der Waals surface area (Å²) in [6, 6.07) is 5.59. The molecular weight excluding hydrogens is 261 g/mol. The lowest BCUT2D eigenvalue weighted by Gasteiger charge is -2.25. The number of halogens is 1. The van der Waals surface area contributed by atoms with E-state index in [1.807, 2.05) is 6.92 Å². The first-order chi connectivity index (χ1) is 9.38. The normalized spacial score (nSPS) is 25.2. The zero-order valence-corrected chi connectivity index (χ0v) is 11.7. The number of aliphatic hydroxyl groups is 1. The molecule has 1 aromatic carbocycles. The van der Waals surface area contributed by atoms with Crippen LogP contribution in [0.15, 0.2) is 24.3 Å². The quantitative estimate of drug-likeness (QED) is 0.883. The summed E-state index contributed by atoms with van der Waals surface area (Å²) in [6.45, 7) is 3.58. The Bertz CT molecular complexity index is 473. The van der Waals surface area contributed by atoms with Crippen LogP contribution in [0.4, 0.5) is 4.39 Å². The average molecular weight is 281 g/mol. The molecule has 1 amide bonds. The fraction of sp³-hybridized carbons (Fsp3) is 0.533. The predicted molar refractivity (Wildman–Crippen MR) is 72.5 cm³/mol.